The van der Waals surface area contributed by atoms with Crippen LogP contribution in [0.3, 0.4) is 0 Å². The molecule has 0 aromatic heterocycles. The van der Waals surface area contributed by atoms with Crippen molar-refractivity contribution in [2.45, 2.75) is 31.7 Å². The highest BCUT2D eigenvalue weighted by Crippen LogP contribution is 2.16. The molecule has 4 heteroatoms. The summed E-state index contributed by atoms with van der Waals surface area (Å²) in [5.41, 5.74) is 0. The van der Waals surface area contributed by atoms with Crippen LogP contribution in [0.2, 0.25) is 0 Å². The summed E-state index contributed by atoms with van der Waals surface area (Å²) in [7, 11) is 2.03. The molecule has 0 atom stereocenters. The van der Waals surface area contributed by atoms with Crippen LogP contribution < -0.4 is 5.32 Å². The lowest BCUT2D eigenvalue weighted by molar-refractivity contribution is -0.138. The Kier molecular flexibility index (Phi) is 6.28. The molecule has 1 saturated carbocycles. The van der Waals surface area contributed by atoms with Gasteiger partial charge in [-0.15, -0.1) is 0 Å². The smallest absolute Gasteiger partial charge is 0.310 e. The number of nitrogens with one attached hydrogen (secondary N) is 1. The Balaban J connectivity index is 0.000000202. The van der Waals surface area contributed by atoms with Crippen LogP contribution in [-0.4, -0.2) is 30.5 Å². The zero-order valence-corrected chi connectivity index (χ0v) is 7.25. The number of carbonyl (C=O) groups is 2. The van der Waals surface area contributed by atoms with Gasteiger partial charge in [-0.3, -0.25) is 4.79 Å². The normalized spacial score (nSPS) is 15.4. The molecule has 1 rings (SSSR count). The Morgan fingerprint density at radius 1 is 1.67 bits per heavy atom. The van der Waals surface area contributed by atoms with E-state index in [1.165, 1.54) is 19.3 Å². The van der Waals surface area contributed by atoms with Gasteiger partial charge < -0.3 is 15.2 Å². The minimum Gasteiger partial charge on any atom is -0.481 e. The summed E-state index contributed by atoms with van der Waals surface area (Å²) in [6.45, 7) is 0. The number of rotatable bonds is 3. The lowest BCUT2D eigenvalue weighted by Gasteiger charge is -2.23. The Bertz CT molecular complexity index is 140. The molecule has 0 spiro atoms. The fourth-order valence-electron chi connectivity index (χ4n) is 0.768. The fraction of sp³-hybridized carbons (Fsp3) is 0.750. The van der Waals surface area contributed by atoms with E-state index in [2.05, 4.69) is 5.32 Å². The predicted molar refractivity (Wildman–Crippen MR) is 45.0 cm³/mol. The average molecular weight is 173 g/mol. The standard InChI is InChI=1S/C5H11N.C3H4O3/c1-6-5-3-2-4-5;4-2-1-3(5)6/h5-6H,2-4H2,1H3;2H,1H2,(H,5,6). The zero-order valence-electron chi connectivity index (χ0n) is 7.25. The summed E-state index contributed by atoms with van der Waals surface area (Å²) in [5.74, 6) is -1.08. The number of aliphatic carboxylic acids is 1. The van der Waals surface area contributed by atoms with E-state index in [-0.39, 0.29) is 6.42 Å². The molecule has 1 aliphatic carbocycles. The second kappa shape index (κ2) is 6.79. The molecule has 0 aromatic rings. The largest absolute Gasteiger partial charge is 0.481 e. The van der Waals surface area contributed by atoms with Crippen molar-refractivity contribution in [1.82, 2.24) is 5.32 Å². The average Bonchev–Trinajstić information content (AvgIpc) is 1.85. The molecule has 4 nitrogen and oxygen atoms in total. The van der Waals surface area contributed by atoms with E-state index in [4.69, 9.17) is 5.11 Å². The Hall–Kier alpha value is -0.900. The molecule has 0 heterocycles. The van der Waals surface area contributed by atoms with E-state index >= 15 is 0 Å². The van der Waals surface area contributed by atoms with Gasteiger partial charge in [0, 0.05) is 6.04 Å². The summed E-state index contributed by atoms with van der Waals surface area (Å²) >= 11 is 0. The molecule has 0 unspecified atom stereocenters. The summed E-state index contributed by atoms with van der Waals surface area (Å²) < 4.78 is 0. The SMILES string of the molecule is CNC1CCC1.O=CCC(=O)O. The molecule has 1 aliphatic rings. The number of carbonyl (C=O) groups excluding carboxylic acids is 1. The second-order valence-corrected chi connectivity index (χ2v) is 2.68. The zero-order chi connectivity index (χ0) is 9.40. The molecule has 0 bridgehead atoms. The van der Waals surface area contributed by atoms with E-state index in [0.29, 0.717) is 6.29 Å². The fourth-order valence-corrected chi connectivity index (χ4v) is 0.768. The van der Waals surface area contributed by atoms with Crippen LogP contribution >= 0.6 is 0 Å². The predicted octanol–water partition coefficient (Wildman–Crippen LogP) is 0.418. The molecule has 0 saturated heterocycles. The van der Waals surface area contributed by atoms with Crippen molar-refractivity contribution in [3.8, 4) is 0 Å². The van der Waals surface area contributed by atoms with Crippen LogP contribution in [-0.2, 0) is 9.59 Å². The summed E-state index contributed by atoms with van der Waals surface area (Å²) in [6, 6.07) is 0.866. The van der Waals surface area contributed by atoms with Crippen molar-refractivity contribution < 1.29 is 14.7 Å². The number of aldehydes is 1. The van der Waals surface area contributed by atoms with Crippen molar-refractivity contribution >= 4 is 12.3 Å². The first kappa shape index (κ1) is 11.1. The molecule has 12 heavy (non-hydrogen) atoms. The van der Waals surface area contributed by atoms with Crippen molar-refractivity contribution in [1.29, 1.82) is 0 Å². The van der Waals surface area contributed by atoms with E-state index in [1.54, 1.807) is 0 Å². The first-order chi connectivity index (χ1) is 5.70. The van der Waals surface area contributed by atoms with Crippen LogP contribution in [0.5, 0.6) is 0 Å². The Morgan fingerprint density at radius 2 is 2.25 bits per heavy atom. The summed E-state index contributed by atoms with van der Waals surface area (Å²) in [4.78, 5) is 18.6. The van der Waals surface area contributed by atoms with Gasteiger partial charge in [-0.1, -0.05) is 6.42 Å². The van der Waals surface area contributed by atoms with Crippen molar-refractivity contribution in [2.75, 3.05) is 7.05 Å². The Morgan fingerprint density at radius 3 is 2.25 bits per heavy atom. The molecule has 0 aromatic carbocycles. The van der Waals surface area contributed by atoms with Crippen molar-refractivity contribution in [3.05, 3.63) is 0 Å². The molecule has 0 radical (unpaired) electrons. The molecular formula is C8H15NO3. The maximum atomic E-state index is 9.37. The highest BCUT2D eigenvalue weighted by molar-refractivity contribution is 5.81. The van der Waals surface area contributed by atoms with Crippen molar-refractivity contribution in [2.24, 2.45) is 0 Å². The van der Waals surface area contributed by atoms with Gasteiger partial charge in [-0.2, -0.15) is 0 Å². The van der Waals surface area contributed by atoms with Gasteiger partial charge in [0.15, 0.2) is 0 Å². The van der Waals surface area contributed by atoms with Gasteiger partial charge >= 0.3 is 5.97 Å². The van der Waals surface area contributed by atoms with E-state index in [0.717, 1.165) is 6.04 Å². The first-order valence-corrected chi connectivity index (χ1v) is 4.03. The highest BCUT2D eigenvalue weighted by atomic mass is 16.4. The molecule has 0 amide bonds. The molecular weight excluding hydrogens is 158 g/mol. The number of hydrogen-bond donors (Lipinski definition) is 2. The maximum absolute atomic E-state index is 9.37. The third-order valence-electron chi connectivity index (χ3n) is 1.77. The monoisotopic (exact) mass is 173 g/mol. The molecule has 2 N–H and O–H groups in total. The van der Waals surface area contributed by atoms with Crippen LogP contribution in [0.1, 0.15) is 25.7 Å². The van der Waals surface area contributed by atoms with Gasteiger partial charge in [0.2, 0.25) is 0 Å². The first-order valence-electron chi connectivity index (χ1n) is 4.03. The summed E-state index contributed by atoms with van der Waals surface area (Å²) in [5, 5.41) is 10.9. The molecule has 0 aliphatic heterocycles. The Labute approximate surface area is 72.0 Å². The quantitative estimate of drug-likeness (QED) is 0.479. The second-order valence-electron chi connectivity index (χ2n) is 2.68. The van der Waals surface area contributed by atoms with Gasteiger partial charge in [0.05, 0.1) is 0 Å². The van der Waals surface area contributed by atoms with Crippen LogP contribution in [0, 0.1) is 0 Å². The van der Waals surface area contributed by atoms with E-state index in [9.17, 15) is 9.59 Å². The van der Waals surface area contributed by atoms with Crippen LogP contribution in [0.25, 0.3) is 0 Å². The third kappa shape index (κ3) is 5.85. The van der Waals surface area contributed by atoms with Gasteiger partial charge in [-0.05, 0) is 19.9 Å². The van der Waals surface area contributed by atoms with Crippen molar-refractivity contribution in [3.63, 3.8) is 0 Å². The van der Waals surface area contributed by atoms with E-state index < -0.39 is 5.97 Å². The lowest BCUT2D eigenvalue weighted by Crippen LogP contribution is -2.31. The molecule has 1 fully saturated rings. The topological polar surface area (TPSA) is 66.4 Å². The lowest BCUT2D eigenvalue weighted by atomic mass is 9.94. The van der Waals surface area contributed by atoms with Gasteiger partial charge in [0.25, 0.3) is 0 Å². The van der Waals surface area contributed by atoms with E-state index in [1.807, 2.05) is 7.05 Å². The van der Waals surface area contributed by atoms with Gasteiger partial charge in [0.1, 0.15) is 12.7 Å². The third-order valence-corrected chi connectivity index (χ3v) is 1.77. The highest BCUT2D eigenvalue weighted by Gasteiger charge is 2.13. The van der Waals surface area contributed by atoms with Crippen LogP contribution in [0.4, 0.5) is 0 Å². The minimum absolute atomic E-state index is 0.350. The number of carboxylic acid groups (broad SMARTS) is 1. The minimum atomic E-state index is -1.08. The van der Waals surface area contributed by atoms with Gasteiger partial charge in [-0.25, -0.2) is 0 Å². The molecule has 70 valence electrons. The summed E-state index contributed by atoms with van der Waals surface area (Å²) in [6.07, 6.45) is 4.20. The van der Waals surface area contributed by atoms with Crippen LogP contribution in [0.15, 0.2) is 0 Å². The number of hydrogen-bond acceptors (Lipinski definition) is 3. The maximum Gasteiger partial charge on any atom is 0.310 e. The number of carboxylic acids is 1.